The predicted octanol–water partition coefficient (Wildman–Crippen LogP) is 4.08. The molecule has 5 nitrogen and oxygen atoms in total. The summed E-state index contributed by atoms with van der Waals surface area (Å²) >= 11 is 0. The SMILES string of the molecule is COc1cccc(OC)c1C(=O)N(Cc1cccnc1)c1ccc(F)cc1. The van der Waals surface area contributed by atoms with Gasteiger partial charge in [-0.3, -0.25) is 9.78 Å². The van der Waals surface area contributed by atoms with E-state index in [2.05, 4.69) is 4.98 Å². The first-order chi connectivity index (χ1) is 13.1. The molecule has 0 atom stereocenters. The number of hydrogen-bond donors (Lipinski definition) is 0. The van der Waals surface area contributed by atoms with Gasteiger partial charge in [-0.25, -0.2) is 4.39 Å². The molecule has 0 bridgehead atoms. The van der Waals surface area contributed by atoms with Crippen molar-refractivity contribution in [2.45, 2.75) is 6.54 Å². The Bertz CT molecular complexity index is 892. The number of nitrogens with zero attached hydrogens (tertiary/aromatic N) is 2. The van der Waals surface area contributed by atoms with Gasteiger partial charge in [-0.05, 0) is 48.0 Å². The number of methoxy groups -OCH3 is 2. The van der Waals surface area contributed by atoms with E-state index in [9.17, 15) is 9.18 Å². The number of hydrogen-bond acceptors (Lipinski definition) is 4. The van der Waals surface area contributed by atoms with Crippen molar-refractivity contribution in [3.8, 4) is 11.5 Å². The summed E-state index contributed by atoms with van der Waals surface area (Å²) in [6, 6.07) is 14.6. The van der Waals surface area contributed by atoms with E-state index in [1.54, 1.807) is 48.8 Å². The van der Waals surface area contributed by atoms with Gasteiger partial charge in [0.15, 0.2) is 0 Å². The fourth-order valence-corrected chi connectivity index (χ4v) is 2.77. The summed E-state index contributed by atoms with van der Waals surface area (Å²) in [5.41, 5.74) is 1.69. The lowest BCUT2D eigenvalue weighted by Crippen LogP contribution is -2.31. The van der Waals surface area contributed by atoms with E-state index in [1.165, 1.54) is 31.3 Å². The molecule has 1 heterocycles. The van der Waals surface area contributed by atoms with E-state index in [4.69, 9.17) is 9.47 Å². The third kappa shape index (κ3) is 4.06. The van der Waals surface area contributed by atoms with Crippen molar-refractivity contribution in [1.82, 2.24) is 4.98 Å². The number of benzene rings is 2. The fourth-order valence-electron chi connectivity index (χ4n) is 2.77. The number of amides is 1. The molecule has 0 aliphatic carbocycles. The highest BCUT2D eigenvalue weighted by atomic mass is 19.1. The molecule has 3 rings (SSSR count). The van der Waals surface area contributed by atoms with Gasteiger partial charge in [-0.15, -0.1) is 0 Å². The Morgan fingerprint density at radius 2 is 1.67 bits per heavy atom. The van der Waals surface area contributed by atoms with E-state index in [1.807, 2.05) is 6.07 Å². The summed E-state index contributed by atoms with van der Waals surface area (Å²) < 4.78 is 24.1. The molecule has 138 valence electrons. The second-order valence-corrected chi connectivity index (χ2v) is 5.77. The number of rotatable bonds is 6. The van der Waals surface area contributed by atoms with Gasteiger partial charge in [0.25, 0.3) is 5.91 Å². The maximum atomic E-state index is 13.4. The number of halogens is 1. The lowest BCUT2D eigenvalue weighted by Gasteiger charge is -2.25. The third-order valence-electron chi connectivity index (χ3n) is 4.09. The molecule has 0 aliphatic heterocycles. The average Bonchev–Trinajstić information content (AvgIpc) is 2.72. The molecule has 0 fully saturated rings. The van der Waals surface area contributed by atoms with E-state index in [-0.39, 0.29) is 18.3 Å². The standard InChI is InChI=1S/C21H19FN2O3/c1-26-18-6-3-7-19(27-2)20(18)21(25)24(14-15-5-4-12-23-13-15)17-10-8-16(22)9-11-17/h3-13H,14H2,1-2H3. The van der Waals surface area contributed by atoms with Crippen LogP contribution in [-0.2, 0) is 6.54 Å². The lowest BCUT2D eigenvalue weighted by molar-refractivity contribution is 0.0979. The van der Waals surface area contributed by atoms with E-state index >= 15 is 0 Å². The smallest absolute Gasteiger partial charge is 0.266 e. The number of pyridine rings is 1. The first kappa shape index (κ1) is 18.4. The molecule has 27 heavy (non-hydrogen) atoms. The zero-order valence-corrected chi connectivity index (χ0v) is 15.1. The summed E-state index contributed by atoms with van der Waals surface area (Å²) in [5, 5.41) is 0. The average molecular weight is 366 g/mol. The Kier molecular flexibility index (Phi) is 5.66. The Labute approximate surface area is 157 Å². The lowest BCUT2D eigenvalue weighted by atomic mass is 10.1. The highest BCUT2D eigenvalue weighted by Crippen LogP contribution is 2.32. The normalized spacial score (nSPS) is 10.3. The van der Waals surface area contributed by atoms with Crippen LogP contribution in [0.5, 0.6) is 11.5 Å². The van der Waals surface area contributed by atoms with E-state index in [0.29, 0.717) is 22.7 Å². The Balaban J connectivity index is 2.07. The van der Waals surface area contributed by atoms with Crippen LogP contribution in [-0.4, -0.2) is 25.1 Å². The number of anilines is 1. The first-order valence-electron chi connectivity index (χ1n) is 8.31. The molecule has 0 saturated heterocycles. The minimum Gasteiger partial charge on any atom is -0.496 e. The molecule has 0 radical (unpaired) electrons. The van der Waals surface area contributed by atoms with Crippen LogP contribution in [0.1, 0.15) is 15.9 Å². The van der Waals surface area contributed by atoms with Gasteiger partial charge in [0.1, 0.15) is 22.9 Å². The van der Waals surface area contributed by atoms with Gasteiger partial charge >= 0.3 is 0 Å². The molecule has 0 spiro atoms. The summed E-state index contributed by atoms with van der Waals surface area (Å²) in [6.07, 6.45) is 3.35. The predicted molar refractivity (Wildman–Crippen MR) is 101 cm³/mol. The van der Waals surface area contributed by atoms with Crippen LogP contribution in [0.2, 0.25) is 0 Å². The van der Waals surface area contributed by atoms with Crippen molar-refractivity contribution < 1.29 is 18.7 Å². The van der Waals surface area contributed by atoms with Crippen LogP contribution in [0, 0.1) is 5.82 Å². The van der Waals surface area contributed by atoms with Crippen molar-refractivity contribution in [2.24, 2.45) is 0 Å². The molecule has 6 heteroatoms. The quantitative estimate of drug-likeness (QED) is 0.659. The zero-order valence-electron chi connectivity index (χ0n) is 15.1. The van der Waals surface area contributed by atoms with Gasteiger partial charge in [-0.1, -0.05) is 12.1 Å². The molecule has 2 aromatic carbocycles. The molecule has 0 saturated carbocycles. The first-order valence-corrected chi connectivity index (χ1v) is 8.31. The van der Waals surface area contributed by atoms with Crippen molar-refractivity contribution in [2.75, 3.05) is 19.1 Å². The summed E-state index contributed by atoms with van der Waals surface area (Å²) in [6.45, 7) is 0.263. The van der Waals surface area contributed by atoms with Crippen LogP contribution in [0.4, 0.5) is 10.1 Å². The number of ether oxygens (including phenoxy) is 2. The second-order valence-electron chi connectivity index (χ2n) is 5.77. The maximum Gasteiger partial charge on any atom is 0.266 e. The molecule has 0 N–H and O–H groups in total. The number of aromatic nitrogens is 1. The monoisotopic (exact) mass is 366 g/mol. The zero-order chi connectivity index (χ0) is 19.2. The van der Waals surface area contributed by atoms with Gasteiger partial charge in [0.2, 0.25) is 0 Å². The Morgan fingerprint density at radius 3 is 2.22 bits per heavy atom. The molecule has 1 amide bonds. The minimum atomic E-state index is -0.373. The van der Waals surface area contributed by atoms with Gasteiger partial charge in [-0.2, -0.15) is 0 Å². The maximum absolute atomic E-state index is 13.4. The largest absolute Gasteiger partial charge is 0.496 e. The summed E-state index contributed by atoms with van der Waals surface area (Å²) in [4.78, 5) is 19.1. The highest BCUT2D eigenvalue weighted by molar-refractivity contribution is 6.09. The second kappa shape index (κ2) is 8.31. The van der Waals surface area contributed by atoms with Crippen LogP contribution >= 0.6 is 0 Å². The van der Waals surface area contributed by atoms with Gasteiger partial charge < -0.3 is 14.4 Å². The third-order valence-corrected chi connectivity index (χ3v) is 4.09. The molecule has 3 aromatic rings. The molecule has 1 aromatic heterocycles. The van der Waals surface area contributed by atoms with Crippen molar-refractivity contribution in [3.63, 3.8) is 0 Å². The van der Waals surface area contributed by atoms with E-state index < -0.39 is 0 Å². The Morgan fingerprint density at radius 1 is 1.00 bits per heavy atom. The van der Waals surface area contributed by atoms with E-state index in [0.717, 1.165) is 5.56 Å². The molecular weight excluding hydrogens is 347 g/mol. The molecular formula is C21H19FN2O3. The minimum absolute atomic E-state index is 0.263. The highest BCUT2D eigenvalue weighted by Gasteiger charge is 2.25. The number of carbonyl (C=O) groups excluding carboxylic acids is 1. The van der Waals surface area contributed by atoms with Crippen LogP contribution in [0.15, 0.2) is 67.0 Å². The van der Waals surface area contributed by atoms with Gasteiger partial charge in [0.05, 0.1) is 20.8 Å². The van der Waals surface area contributed by atoms with Crippen LogP contribution in [0.25, 0.3) is 0 Å². The topological polar surface area (TPSA) is 51.7 Å². The van der Waals surface area contributed by atoms with Crippen LogP contribution in [0.3, 0.4) is 0 Å². The Hall–Kier alpha value is -3.41. The van der Waals surface area contributed by atoms with Gasteiger partial charge in [0, 0.05) is 18.1 Å². The summed E-state index contributed by atoms with van der Waals surface area (Å²) in [7, 11) is 2.99. The number of carbonyl (C=O) groups is 1. The molecule has 0 aliphatic rings. The molecule has 0 unspecified atom stereocenters. The summed E-state index contributed by atoms with van der Waals surface area (Å²) in [5.74, 6) is 0.109. The van der Waals surface area contributed by atoms with Crippen molar-refractivity contribution in [3.05, 3.63) is 83.9 Å². The van der Waals surface area contributed by atoms with Crippen molar-refractivity contribution in [1.29, 1.82) is 0 Å². The van der Waals surface area contributed by atoms with Crippen molar-refractivity contribution >= 4 is 11.6 Å². The fraction of sp³-hybridized carbons (Fsp3) is 0.143. The van der Waals surface area contributed by atoms with Crippen LogP contribution < -0.4 is 14.4 Å².